The van der Waals surface area contributed by atoms with Gasteiger partial charge in [0.1, 0.15) is 5.57 Å². The summed E-state index contributed by atoms with van der Waals surface area (Å²) in [5, 5.41) is 2.23. The molecule has 0 aliphatic carbocycles. The van der Waals surface area contributed by atoms with Crippen LogP contribution in [0.5, 0.6) is 0 Å². The molecule has 0 radical (unpaired) electrons. The molecule has 1 aromatic heterocycles. The van der Waals surface area contributed by atoms with Gasteiger partial charge in [-0.2, -0.15) is 0 Å². The highest BCUT2D eigenvalue weighted by Gasteiger charge is 2.36. The molecule has 4 rings (SSSR count). The molecule has 132 valence electrons. The summed E-state index contributed by atoms with van der Waals surface area (Å²) in [4.78, 5) is 38.4. The van der Waals surface area contributed by atoms with Crippen molar-refractivity contribution < 1.29 is 14.4 Å². The van der Waals surface area contributed by atoms with Gasteiger partial charge in [-0.1, -0.05) is 36.4 Å². The zero-order chi connectivity index (χ0) is 18.8. The van der Waals surface area contributed by atoms with Crippen molar-refractivity contribution in [2.75, 3.05) is 4.90 Å². The molecule has 1 saturated heterocycles. The van der Waals surface area contributed by atoms with Crippen molar-refractivity contribution in [2.45, 2.75) is 0 Å². The third-order valence-corrected chi connectivity index (χ3v) is 4.22. The van der Waals surface area contributed by atoms with Crippen molar-refractivity contribution in [2.24, 2.45) is 0 Å². The van der Waals surface area contributed by atoms with Gasteiger partial charge in [0.05, 0.1) is 5.69 Å². The Kier molecular flexibility index (Phi) is 4.14. The van der Waals surface area contributed by atoms with Crippen molar-refractivity contribution in [3.05, 3.63) is 90.3 Å². The van der Waals surface area contributed by atoms with E-state index in [2.05, 4.69) is 5.32 Å². The Labute approximate surface area is 155 Å². The van der Waals surface area contributed by atoms with Gasteiger partial charge >= 0.3 is 6.03 Å². The second-order valence-electron chi connectivity index (χ2n) is 5.93. The van der Waals surface area contributed by atoms with Crippen LogP contribution in [0.4, 0.5) is 10.5 Å². The first-order chi connectivity index (χ1) is 13.1. The van der Waals surface area contributed by atoms with Gasteiger partial charge in [-0.05, 0) is 42.5 Å². The average molecular weight is 357 g/mol. The van der Waals surface area contributed by atoms with Crippen LogP contribution in [0.1, 0.15) is 5.69 Å². The summed E-state index contributed by atoms with van der Waals surface area (Å²) in [6, 6.07) is 20.9. The average Bonchev–Trinajstić information content (AvgIpc) is 3.15. The number of rotatable bonds is 3. The molecule has 6 heteroatoms. The number of nitrogens with zero attached hydrogens (tertiary/aromatic N) is 2. The predicted octanol–water partition coefficient (Wildman–Crippen LogP) is 3.14. The number of anilines is 1. The first kappa shape index (κ1) is 16.5. The summed E-state index contributed by atoms with van der Waals surface area (Å²) in [6.45, 7) is 0. The van der Waals surface area contributed by atoms with E-state index in [0.29, 0.717) is 11.4 Å². The lowest BCUT2D eigenvalue weighted by Gasteiger charge is -2.26. The second kappa shape index (κ2) is 6.76. The molecule has 1 aliphatic heterocycles. The Bertz CT molecular complexity index is 1050. The Balaban J connectivity index is 1.75. The molecular weight excluding hydrogens is 342 g/mol. The lowest BCUT2D eigenvalue weighted by atomic mass is 10.1. The summed E-state index contributed by atoms with van der Waals surface area (Å²) in [6.07, 6.45) is 3.33. The largest absolute Gasteiger partial charge is 0.335 e. The van der Waals surface area contributed by atoms with E-state index in [9.17, 15) is 14.4 Å². The van der Waals surface area contributed by atoms with Crippen LogP contribution in [-0.4, -0.2) is 22.4 Å². The van der Waals surface area contributed by atoms with E-state index >= 15 is 0 Å². The third-order valence-electron chi connectivity index (χ3n) is 4.22. The van der Waals surface area contributed by atoms with Crippen LogP contribution in [0.3, 0.4) is 0 Å². The molecule has 0 bridgehead atoms. The highest BCUT2D eigenvalue weighted by Crippen LogP contribution is 2.22. The Morgan fingerprint density at radius 2 is 1.37 bits per heavy atom. The second-order valence-corrected chi connectivity index (χ2v) is 5.93. The van der Waals surface area contributed by atoms with Gasteiger partial charge in [0, 0.05) is 17.6 Å². The zero-order valence-corrected chi connectivity index (χ0v) is 14.2. The number of nitrogens with one attached hydrogen (secondary N) is 1. The molecular formula is C21H15N3O3. The summed E-state index contributed by atoms with van der Waals surface area (Å²) >= 11 is 0. The number of imide groups is 2. The molecule has 6 nitrogen and oxygen atoms in total. The Hall–Kier alpha value is -3.93. The van der Waals surface area contributed by atoms with Crippen LogP contribution in [0.25, 0.3) is 11.8 Å². The normalized spacial score (nSPS) is 15.9. The monoisotopic (exact) mass is 357 g/mol. The first-order valence-electron chi connectivity index (χ1n) is 8.34. The first-order valence-corrected chi connectivity index (χ1v) is 8.34. The van der Waals surface area contributed by atoms with E-state index in [4.69, 9.17) is 0 Å². The molecule has 2 aromatic carbocycles. The molecule has 2 heterocycles. The molecule has 0 saturated carbocycles. The van der Waals surface area contributed by atoms with Gasteiger partial charge in [0.25, 0.3) is 11.8 Å². The van der Waals surface area contributed by atoms with E-state index in [0.717, 1.165) is 10.6 Å². The summed E-state index contributed by atoms with van der Waals surface area (Å²) < 4.78 is 1.86. The molecule has 4 amide bonds. The minimum absolute atomic E-state index is 0.102. The standard InChI is InChI=1S/C21H15N3O3/c25-19-18(14-17-12-7-13-23(17)15-8-3-1-4-9-15)20(26)24(21(27)22-19)16-10-5-2-6-11-16/h1-14H,(H,22,25,27)/b18-14-. The van der Waals surface area contributed by atoms with Crippen molar-refractivity contribution in [3.8, 4) is 5.69 Å². The molecule has 3 aromatic rings. The van der Waals surface area contributed by atoms with E-state index in [1.165, 1.54) is 6.08 Å². The number of aromatic nitrogens is 1. The number of hydrogen-bond acceptors (Lipinski definition) is 3. The van der Waals surface area contributed by atoms with Crippen LogP contribution in [-0.2, 0) is 9.59 Å². The Morgan fingerprint density at radius 1 is 0.741 bits per heavy atom. The quantitative estimate of drug-likeness (QED) is 0.578. The number of barbiturate groups is 1. The summed E-state index contributed by atoms with van der Waals surface area (Å²) in [5.74, 6) is -1.37. The summed E-state index contributed by atoms with van der Waals surface area (Å²) in [7, 11) is 0. The molecule has 1 N–H and O–H groups in total. The molecule has 27 heavy (non-hydrogen) atoms. The fourth-order valence-corrected chi connectivity index (χ4v) is 2.95. The van der Waals surface area contributed by atoms with Gasteiger partial charge in [0.2, 0.25) is 0 Å². The van der Waals surface area contributed by atoms with Crippen molar-refractivity contribution in [1.29, 1.82) is 0 Å². The van der Waals surface area contributed by atoms with E-state index < -0.39 is 17.8 Å². The number of para-hydroxylation sites is 2. The van der Waals surface area contributed by atoms with Crippen LogP contribution in [0.2, 0.25) is 0 Å². The highest BCUT2D eigenvalue weighted by atomic mass is 16.2. The molecule has 0 spiro atoms. The minimum atomic E-state index is -0.758. The van der Waals surface area contributed by atoms with Crippen molar-refractivity contribution in [3.63, 3.8) is 0 Å². The van der Waals surface area contributed by atoms with E-state index in [1.807, 2.05) is 47.2 Å². The van der Waals surface area contributed by atoms with Crippen molar-refractivity contribution >= 4 is 29.6 Å². The number of urea groups is 1. The lowest BCUT2D eigenvalue weighted by Crippen LogP contribution is -2.54. The van der Waals surface area contributed by atoms with Crippen LogP contribution < -0.4 is 10.2 Å². The molecule has 1 aliphatic rings. The van der Waals surface area contributed by atoms with Gasteiger partial charge in [0.15, 0.2) is 0 Å². The van der Waals surface area contributed by atoms with Gasteiger partial charge in [-0.3, -0.25) is 14.9 Å². The maximum absolute atomic E-state index is 12.9. The van der Waals surface area contributed by atoms with Gasteiger partial charge < -0.3 is 4.57 Å². The van der Waals surface area contributed by atoms with E-state index in [-0.39, 0.29) is 5.57 Å². The number of benzene rings is 2. The third kappa shape index (κ3) is 3.04. The molecule has 0 unspecified atom stereocenters. The molecule has 0 atom stereocenters. The zero-order valence-electron chi connectivity index (χ0n) is 14.2. The molecule has 1 fully saturated rings. The highest BCUT2D eigenvalue weighted by molar-refractivity contribution is 6.39. The minimum Gasteiger partial charge on any atom is -0.317 e. The van der Waals surface area contributed by atoms with Gasteiger partial charge in [-0.15, -0.1) is 0 Å². The number of carbonyl (C=O) groups excluding carboxylic acids is 3. The predicted molar refractivity (Wildman–Crippen MR) is 101 cm³/mol. The van der Waals surface area contributed by atoms with Gasteiger partial charge in [-0.25, -0.2) is 9.69 Å². The number of amides is 4. The fraction of sp³-hybridized carbons (Fsp3) is 0. The number of hydrogen-bond donors (Lipinski definition) is 1. The van der Waals surface area contributed by atoms with Crippen LogP contribution in [0, 0.1) is 0 Å². The maximum Gasteiger partial charge on any atom is 0.335 e. The smallest absolute Gasteiger partial charge is 0.317 e. The van der Waals surface area contributed by atoms with Crippen LogP contribution in [0.15, 0.2) is 84.6 Å². The lowest BCUT2D eigenvalue weighted by molar-refractivity contribution is -0.122. The Morgan fingerprint density at radius 3 is 2.04 bits per heavy atom. The van der Waals surface area contributed by atoms with Crippen molar-refractivity contribution in [1.82, 2.24) is 9.88 Å². The maximum atomic E-state index is 12.9. The topological polar surface area (TPSA) is 71.4 Å². The SMILES string of the molecule is O=C1NC(=O)N(c2ccccc2)C(=O)/C1=C\c1cccn1-c1ccccc1. The number of carbonyl (C=O) groups is 3. The fourth-order valence-electron chi connectivity index (χ4n) is 2.95. The summed E-state index contributed by atoms with van der Waals surface area (Å²) in [5.41, 5.74) is 1.85. The van der Waals surface area contributed by atoms with Crippen LogP contribution >= 0.6 is 0 Å². The van der Waals surface area contributed by atoms with E-state index in [1.54, 1.807) is 36.4 Å².